The highest BCUT2D eigenvalue weighted by molar-refractivity contribution is 5.87. The van der Waals surface area contributed by atoms with E-state index in [2.05, 4.69) is 22.9 Å². The van der Waals surface area contributed by atoms with Crippen LogP contribution in [0.5, 0.6) is 0 Å². The molecule has 0 spiro atoms. The number of carbonyl (C=O) groups excluding carboxylic acids is 2. The number of epoxide rings is 1. The predicted molar refractivity (Wildman–Crippen MR) is 85.8 cm³/mol. The van der Waals surface area contributed by atoms with Crippen LogP contribution in [0, 0.1) is 0 Å². The lowest BCUT2D eigenvalue weighted by Gasteiger charge is -2.36. The predicted octanol–water partition coefficient (Wildman–Crippen LogP) is 0.293. The van der Waals surface area contributed by atoms with E-state index in [0.717, 1.165) is 51.7 Å². The zero-order valence-electron chi connectivity index (χ0n) is 13.9. The highest BCUT2D eigenvalue weighted by atomic mass is 16.6. The molecule has 0 radical (unpaired) electrons. The molecule has 0 bridgehead atoms. The second-order valence-electron chi connectivity index (χ2n) is 6.21. The summed E-state index contributed by atoms with van der Waals surface area (Å²) in [6, 6.07) is 0. The van der Waals surface area contributed by atoms with Crippen LogP contribution >= 0.6 is 0 Å². The fourth-order valence-corrected chi connectivity index (χ4v) is 3.07. The maximum absolute atomic E-state index is 12.5. The van der Waals surface area contributed by atoms with Gasteiger partial charge in [-0.3, -0.25) is 15.4 Å². The standard InChI is InChI=1S/C16H29N3O4/c1-2-11-22-12-9-17-13-14(23-13)19-16(6-4-3-5-7-16)15(21)18-8-10-20/h10,13-14,17,19H,2-9,11-12H2,1H3,(H,18,21). The number of hydrogen-bond acceptors (Lipinski definition) is 6. The molecule has 2 atom stereocenters. The molecule has 1 heterocycles. The Hall–Kier alpha value is -1.02. The summed E-state index contributed by atoms with van der Waals surface area (Å²) in [6.07, 6.45) is 6.24. The average molecular weight is 327 g/mol. The first-order valence-corrected chi connectivity index (χ1v) is 8.68. The molecule has 0 aromatic rings. The number of hydrogen-bond donors (Lipinski definition) is 3. The third-order valence-corrected chi connectivity index (χ3v) is 4.34. The first-order chi connectivity index (χ1) is 11.2. The molecule has 2 unspecified atom stereocenters. The van der Waals surface area contributed by atoms with E-state index in [1.54, 1.807) is 0 Å². The van der Waals surface area contributed by atoms with Gasteiger partial charge in [0.2, 0.25) is 5.91 Å². The topological polar surface area (TPSA) is 92.0 Å². The van der Waals surface area contributed by atoms with Crippen molar-refractivity contribution in [1.82, 2.24) is 16.0 Å². The SMILES string of the molecule is CCCOCCNC1OC1NC1(C(=O)NCC=O)CCCCC1. The van der Waals surface area contributed by atoms with Crippen molar-refractivity contribution in [2.75, 3.05) is 26.3 Å². The number of nitrogens with one attached hydrogen (secondary N) is 3. The second kappa shape index (κ2) is 9.32. The molecule has 1 aliphatic heterocycles. The average Bonchev–Trinajstić information content (AvgIpc) is 3.30. The molecule has 1 aliphatic carbocycles. The van der Waals surface area contributed by atoms with Gasteiger partial charge in [0, 0.05) is 13.2 Å². The summed E-state index contributed by atoms with van der Waals surface area (Å²) in [5.74, 6) is -0.0928. The van der Waals surface area contributed by atoms with Gasteiger partial charge in [-0.2, -0.15) is 0 Å². The van der Waals surface area contributed by atoms with Crippen LogP contribution in [0.1, 0.15) is 45.4 Å². The van der Waals surface area contributed by atoms with E-state index in [4.69, 9.17) is 9.47 Å². The van der Waals surface area contributed by atoms with Crippen LogP contribution < -0.4 is 16.0 Å². The summed E-state index contributed by atoms with van der Waals surface area (Å²) in [5.41, 5.74) is -0.610. The summed E-state index contributed by atoms with van der Waals surface area (Å²) >= 11 is 0. The number of ether oxygens (including phenoxy) is 2. The van der Waals surface area contributed by atoms with Gasteiger partial charge in [-0.25, -0.2) is 0 Å². The molecule has 1 amide bonds. The molecule has 23 heavy (non-hydrogen) atoms. The van der Waals surface area contributed by atoms with Gasteiger partial charge in [-0.15, -0.1) is 0 Å². The molecular weight excluding hydrogens is 298 g/mol. The lowest BCUT2D eigenvalue weighted by atomic mass is 9.80. The first kappa shape index (κ1) is 18.3. The molecule has 0 aromatic heterocycles. The maximum atomic E-state index is 12.5. The number of aldehydes is 1. The van der Waals surface area contributed by atoms with E-state index in [1.165, 1.54) is 0 Å². The molecule has 3 N–H and O–H groups in total. The van der Waals surface area contributed by atoms with E-state index >= 15 is 0 Å². The van der Waals surface area contributed by atoms with E-state index in [-0.39, 0.29) is 24.9 Å². The molecule has 2 rings (SSSR count). The third kappa shape index (κ3) is 5.53. The fourth-order valence-electron chi connectivity index (χ4n) is 3.07. The lowest BCUT2D eigenvalue weighted by molar-refractivity contribution is -0.130. The maximum Gasteiger partial charge on any atom is 0.240 e. The van der Waals surface area contributed by atoms with Gasteiger partial charge in [0.25, 0.3) is 0 Å². The normalized spacial score (nSPS) is 25.8. The first-order valence-electron chi connectivity index (χ1n) is 8.68. The Balaban J connectivity index is 1.76. The summed E-state index contributed by atoms with van der Waals surface area (Å²) in [4.78, 5) is 22.9. The summed E-state index contributed by atoms with van der Waals surface area (Å²) in [6.45, 7) is 4.30. The van der Waals surface area contributed by atoms with E-state index in [9.17, 15) is 9.59 Å². The van der Waals surface area contributed by atoms with Gasteiger partial charge in [0.1, 0.15) is 6.29 Å². The third-order valence-electron chi connectivity index (χ3n) is 4.34. The Labute approximate surface area is 137 Å². The zero-order chi connectivity index (χ0) is 16.5. The minimum Gasteiger partial charge on any atom is -0.380 e. The van der Waals surface area contributed by atoms with Crippen molar-refractivity contribution >= 4 is 12.2 Å². The molecule has 7 heteroatoms. The van der Waals surface area contributed by atoms with Crippen LogP contribution in [0.25, 0.3) is 0 Å². The Morgan fingerprint density at radius 1 is 1.26 bits per heavy atom. The Morgan fingerprint density at radius 3 is 2.74 bits per heavy atom. The van der Waals surface area contributed by atoms with E-state index in [0.29, 0.717) is 12.9 Å². The molecule has 2 fully saturated rings. The van der Waals surface area contributed by atoms with Crippen molar-refractivity contribution in [2.24, 2.45) is 0 Å². The van der Waals surface area contributed by atoms with Gasteiger partial charge in [0.05, 0.1) is 18.7 Å². The Kier molecular flexibility index (Phi) is 7.42. The van der Waals surface area contributed by atoms with E-state index < -0.39 is 5.54 Å². The molecule has 1 saturated heterocycles. The van der Waals surface area contributed by atoms with Crippen LogP contribution in [0.4, 0.5) is 0 Å². The van der Waals surface area contributed by atoms with Crippen LogP contribution in [-0.4, -0.2) is 56.5 Å². The monoisotopic (exact) mass is 327 g/mol. The smallest absolute Gasteiger partial charge is 0.240 e. The summed E-state index contributed by atoms with van der Waals surface area (Å²) in [5, 5.41) is 9.31. The van der Waals surface area contributed by atoms with Gasteiger partial charge in [-0.05, 0) is 19.3 Å². The highest BCUT2D eigenvalue weighted by Crippen LogP contribution is 2.31. The number of amides is 1. The molecule has 2 aliphatic rings. The lowest BCUT2D eigenvalue weighted by Crippen LogP contribution is -2.59. The van der Waals surface area contributed by atoms with Crippen LogP contribution in [0.15, 0.2) is 0 Å². The van der Waals surface area contributed by atoms with Gasteiger partial charge >= 0.3 is 0 Å². The molecular formula is C16H29N3O4. The van der Waals surface area contributed by atoms with Gasteiger partial charge in [0.15, 0.2) is 12.5 Å². The molecule has 132 valence electrons. The second-order valence-corrected chi connectivity index (χ2v) is 6.21. The number of carbonyl (C=O) groups is 2. The van der Waals surface area contributed by atoms with Crippen LogP contribution in [-0.2, 0) is 19.1 Å². The van der Waals surface area contributed by atoms with Crippen molar-refractivity contribution in [3.05, 3.63) is 0 Å². The zero-order valence-corrected chi connectivity index (χ0v) is 13.9. The fraction of sp³-hybridized carbons (Fsp3) is 0.875. The minimum absolute atomic E-state index is 0.0598. The Bertz CT molecular complexity index is 386. The number of rotatable bonds is 11. The van der Waals surface area contributed by atoms with E-state index in [1.807, 2.05) is 0 Å². The summed E-state index contributed by atoms with van der Waals surface area (Å²) in [7, 11) is 0. The van der Waals surface area contributed by atoms with Crippen molar-refractivity contribution < 1.29 is 19.1 Å². The molecule has 1 saturated carbocycles. The van der Waals surface area contributed by atoms with Crippen molar-refractivity contribution in [2.45, 2.75) is 63.4 Å². The van der Waals surface area contributed by atoms with Crippen LogP contribution in [0.3, 0.4) is 0 Å². The van der Waals surface area contributed by atoms with Gasteiger partial charge in [-0.1, -0.05) is 26.2 Å². The van der Waals surface area contributed by atoms with Crippen molar-refractivity contribution in [3.63, 3.8) is 0 Å². The van der Waals surface area contributed by atoms with Crippen molar-refractivity contribution in [1.29, 1.82) is 0 Å². The summed E-state index contributed by atoms with van der Waals surface area (Å²) < 4.78 is 11.0. The molecule has 0 aromatic carbocycles. The largest absolute Gasteiger partial charge is 0.380 e. The van der Waals surface area contributed by atoms with Gasteiger partial charge < -0.3 is 19.6 Å². The van der Waals surface area contributed by atoms with Crippen molar-refractivity contribution in [3.8, 4) is 0 Å². The minimum atomic E-state index is -0.610. The van der Waals surface area contributed by atoms with Crippen LogP contribution in [0.2, 0.25) is 0 Å². The highest BCUT2D eigenvalue weighted by Gasteiger charge is 2.48. The Morgan fingerprint density at radius 2 is 2.04 bits per heavy atom. The molecule has 7 nitrogen and oxygen atoms in total. The quantitative estimate of drug-likeness (QED) is 0.287.